The average molecular weight is 289 g/mol. The zero-order valence-electron chi connectivity index (χ0n) is 12.1. The van der Waals surface area contributed by atoms with Gasteiger partial charge in [0, 0.05) is 25.4 Å². The normalized spacial score (nSPS) is 16.2. The summed E-state index contributed by atoms with van der Waals surface area (Å²) in [6.07, 6.45) is 9.68. The number of halogens is 1. The summed E-state index contributed by atoms with van der Waals surface area (Å²) in [7, 11) is 0. The van der Waals surface area contributed by atoms with Gasteiger partial charge in [0.15, 0.2) is 0 Å². The summed E-state index contributed by atoms with van der Waals surface area (Å²) in [5.41, 5.74) is 1.78. The van der Waals surface area contributed by atoms with Crippen molar-refractivity contribution in [1.82, 2.24) is 24.9 Å². The molecule has 112 valence electrons. The van der Waals surface area contributed by atoms with E-state index in [2.05, 4.69) is 20.2 Å². The maximum atomic E-state index is 13.1. The number of nitrogens with zero attached hydrogens (tertiary/aromatic N) is 5. The molecule has 0 aromatic carbocycles. The molecule has 0 atom stereocenters. The zero-order valence-corrected chi connectivity index (χ0v) is 12.1. The molecule has 0 aliphatic carbocycles. The van der Waals surface area contributed by atoms with Gasteiger partial charge in [-0.3, -0.25) is 4.98 Å². The highest BCUT2D eigenvalue weighted by Crippen LogP contribution is 2.09. The lowest BCUT2D eigenvalue weighted by Gasteiger charge is -2.25. The van der Waals surface area contributed by atoms with Crippen molar-refractivity contribution in [3.63, 3.8) is 0 Å². The minimum atomic E-state index is -0.321. The van der Waals surface area contributed by atoms with Gasteiger partial charge in [0.25, 0.3) is 0 Å². The molecule has 0 spiro atoms. The first kappa shape index (κ1) is 14.1. The summed E-state index contributed by atoms with van der Waals surface area (Å²) >= 11 is 0. The number of likely N-dealkylation sites (tertiary alicyclic amines) is 1. The largest absolute Gasteiger partial charge is 0.303 e. The molecule has 3 heterocycles. The Morgan fingerprint density at radius 2 is 2.00 bits per heavy atom. The van der Waals surface area contributed by atoms with Gasteiger partial charge in [-0.05, 0) is 37.6 Å². The van der Waals surface area contributed by atoms with E-state index < -0.39 is 0 Å². The second-order valence-corrected chi connectivity index (χ2v) is 5.57. The van der Waals surface area contributed by atoms with E-state index in [1.165, 1.54) is 44.6 Å². The number of rotatable bonds is 5. The second-order valence-electron chi connectivity index (χ2n) is 5.57. The van der Waals surface area contributed by atoms with Crippen molar-refractivity contribution in [1.29, 1.82) is 0 Å². The molecule has 0 unspecified atom stereocenters. The van der Waals surface area contributed by atoms with Gasteiger partial charge in [-0.1, -0.05) is 11.6 Å². The molecule has 0 saturated carbocycles. The fourth-order valence-electron chi connectivity index (χ4n) is 2.72. The van der Waals surface area contributed by atoms with E-state index >= 15 is 0 Å². The molecule has 0 bridgehead atoms. The summed E-state index contributed by atoms with van der Waals surface area (Å²) in [6, 6.07) is 1.47. The van der Waals surface area contributed by atoms with Crippen LogP contribution < -0.4 is 0 Å². The van der Waals surface area contributed by atoms with Crippen LogP contribution in [0.5, 0.6) is 0 Å². The summed E-state index contributed by atoms with van der Waals surface area (Å²) in [5, 5.41) is 8.29. The summed E-state index contributed by atoms with van der Waals surface area (Å²) in [5.74, 6) is -0.321. The van der Waals surface area contributed by atoms with Crippen LogP contribution in [0.4, 0.5) is 4.39 Å². The van der Waals surface area contributed by atoms with E-state index in [9.17, 15) is 4.39 Å². The Morgan fingerprint density at radius 1 is 1.14 bits per heavy atom. The second kappa shape index (κ2) is 6.76. The lowest BCUT2D eigenvalue weighted by atomic mass is 10.1. The molecule has 2 aromatic heterocycles. The monoisotopic (exact) mass is 289 g/mol. The van der Waals surface area contributed by atoms with Gasteiger partial charge in [-0.15, -0.1) is 5.10 Å². The highest BCUT2D eigenvalue weighted by Gasteiger charge is 2.11. The Kier molecular flexibility index (Phi) is 4.55. The van der Waals surface area contributed by atoms with Crippen LogP contribution in [0.1, 0.15) is 30.5 Å². The molecule has 6 heteroatoms. The molecule has 1 saturated heterocycles. The Balaban J connectivity index is 1.53. The van der Waals surface area contributed by atoms with Gasteiger partial charge in [0.05, 0.1) is 18.4 Å². The average Bonchev–Trinajstić information content (AvgIpc) is 2.94. The summed E-state index contributed by atoms with van der Waals surface area (Å²) < 4.78 is 14.8. The summed E-state index contributed by atoms with van der Waals surface area (Å²) in [6.45, 7) is 3.94. The van der Waals surface area contributed by atoms with Crippen molar-refractivity contribution in [3.05, 3.63) is 41.7 Å². The third-order valence-electron chi connectivity index (χ3n) is 3.83. The number of aromatic nitrogens is 4. The molecule has 0 radical (unpaired) electrons. The first-order valence-electron chi connectivity index (χ1n) is 7.50. The zero-order chi connectivity index (χ0) is 14.5. The molecule has 1 aliphatic rings. The van der Waals surface area contributed by atoms with Gasteiger partial charge < -0.3 is 4.90 Å². The van der Waals surface area contributed by atoms with Gasteiger partial charge in [-0.25, -0.2) is 9.07 Å². The predicted molar refractivity (Wildman–Crippen MR) is 77.3 cm³/mol. The molecule has 0 amide bonds. The lowest BCUT2D eigenvalue weighted by Crippen LogP contribution is -2.31. The number of hydrogen-bond donors (Lipinski definition) is 0. The highest BCUT2D eigenvalue weighted by molar-refractivity contribution is 5.10. The molecule has 5 nitrogen and oxygen atoms in total. The van der Waals surface area contributed by atoms with Crippen LogP contribution in [0.25, 0.3) is 0 Å². The third-order valence-corrected chi connectivity index (χ3v) is 3.83. The van der Waals surface area contributed by atoms with Crippen molar-refractivity contribution < 1.29 is 4.39 Å². The van der Waals surface area contributed by atoms with Crippen LogP contribution in [-0.2, 0) is 13.0 Å². The maximum Gasteiger partial charge on any atom is 0.141 e. The Hall–Kier alpha value is -1.82. The molecule has 2 aromatic rings. The smallest absolute Gasteiger partial charge is 0.141 e. The van der Waals surface area contributed by atoms with Gasteiger partial charge in [0.1, 0.15) is 5.82 Å². The fraction of sp³-hybridized carbons (Fsp3) is 0.533. The van der Waals surface area contributed by atoms with Crippen molar-refractivity contribution in [3.8, 4) is 0 Å². The van der Waals surface area contributed by atoms with E-state index in [1.807, 2.05) is 6.20 Å². The van der Waals surface area contributed by atoms with Crippen molar-refractivity contribution in [2.24, 2.45) is 0 Å². The lowest BCUT2D eigenvalue weighted by molar-refractivity contribution is 0.231. The van der Waals surface area contributed by atoms with E-state index in [-0.39, 0.29) is 5.82 Å². The Bertz CT molecular complexity index is 577. The van der Waals surface area contributed by atoms with Gasteiger partial charge in [-0.2, -0.15) is 0 Å². The molecular formula is C15H20FN5. The van der Waals surface area contributed by atoms with Crippen LogP contribution in [-0.4, -0.2) is 44.5 Å². The number of piperidine rings is 1. The minimum Gasteiger partial charge on any atom is -0.303 e. The van der Waals surface area contributed by atoms with E-state index in [1.54, 1.807) is 10.9 Å². The maximum absolute atomic E-state index is 13.1. The molecule has 21 heavy (non-hydrogen) atoms. The van der Waals surface area contributed by atoms with Crippen LogP contribution in [0, 0.1) is 5.82 Å². The number of pyridine rings is 1. The quantitative estimate of drug-likeness (QED) is 0.843. The van der Waals surface area contributed by atoms with Gasteiger partial charge >= 0.3 is 0 Å². The van der Waals surface area contributed by atoms with Crippen LogP contribution in [0.2, 0.25) is 0 Å². The molecule has 3 rings (SSSR count). The van der Waals surface area contributed by atoms with E-state index in [0.717, 1.165) is 24.2 Å². The molecular weight excluding hydrogens is 269 g/mol. The highest BCUT2D eigenvalue weighted by atomic mass is 19.1. The van der Waals surface area contributed by atoms with Crippen molar-refractivity contribution in [2.75, 3.05) is 19.6 Å². The molecule has 1 aliphatic heterocycles. The summed E-state index contributed by atoms with van der Waals surface area (Å²) in [4.78, 5) is 6.33. The SMILES string of the molecule is Fc1cncc(Cn2cc(CCN3CCCCC3)nn2)c1. The first-order chi connectivity index (χ1) is 10.3. The van der Waals surface area contributed by atoms with Gasteiger partial charge in [0.2, 0.25) is 0 Å². The first-order valence-corrected chi connectivity index (χ1v) is 7.50. The van der Waals surface area contributed by atoms with Crippen molar-refractivity contribution >= 4 is 0 Å². The Morgan fingerprint density at radius 3 is 2.81 bits per heavy atom. The topological polar surface area (TPSA) is 46.8 Å². The van der Waals surface area contributed by atoms with Crippen LogP contribution >= 0.6 is 0 Å². The molecule has 0 N–H and O–H groups in total. The van der Waals surface area contributed by atoms with Crippen LogP contribution in [0.3, 0.4) is 0 Å². The fourth-order valence-corrected chi connectivity index (χ4v) is 2.72. The Labute approximate surface area is 123 Å². The predicted octanol–water partition coefficient (Wildman–Crippen LogP) is 1.89. The minimum absolute atomic E-state index is 0.321. The molecule has 1 fully saturated rings. The number of hydrogen-bond acceptors (Lipinski definition) is 4. The third kappa shape index (κ3) is 4.07. The van der Waals surface area contributed by atoms with Crippen LogP contribution in [0.15, 0.2) is 24.7 Å². The van der Waals surface area contributed by atoms with E-state index in [4.69, 9.17) is 0 Å². The van der Waals surface area contributed by atoms with Crippen molar-refractivity contribution in [2.45, 2.75) is 32.2 Å². The van der Waals surface area contributed by atoms with E-state index in [0.29, 0.717) is 6.54 Å². The standard InChI is InChI=1S/C15H20FN5/c16-14-8-13(9-17-10-14)11-21-12-15(18-19-21)4-7-20-5-2-1-3-6-20/h8-10,12H,1-7,11H2.